The van der Waals surface area contributed by atoms with Gasteiger partial charge in [-0.15, -0.1) is 0 Å². The van der Waals surface area contributed by atoms with Crippen LogP contribution in [0.2, 0.25) is 0 Å². The highest BCUT2D eigenvalue weighted by molar-refractivity contribution is 7.92. The van der Waals surface area contributed by atoms with Gasteiger partial charge in [-0.3, -0.25) is 9.52 Å². The van der Waals surface area contributed by atoms with Crippen LogP contribution in [0, 0.1) is 20.8 Å². The van der Waals surface area contributed by atoms with Crippen LogP contribution in [0.15, 0.2) is 36.4 Å². The number of carbonyl (C=O) groups excluding carboxylic acids is 1. The summed E-state index contributed by atoms with van der Waals surface area (Å²) in [6, 6.07) is 11.0. The van der Waals surface area contributed by atoms with Crippen LogP contribution in [0.3, 0.4) is 0 Å². The lowest BCUT2D eigenvalue weighted by Crippen LogP contribution is -2.28. The van der Waals surface area contributed by atoms with Crippen LogP contribution < -0.4 is 10.0 Å². The summed E-state index contributed by atoms with van der Waals surface area (Å²) in [4.78, 5) is 12.7. The Balaban J connectivity index is 2.25. The molecule has 0 fully saturated rings. The summed E-state index contributed by atoms with van der Waals surface area (Å²) >= 11 is 0. The molecule has 0 unspecified atom stereocenters. The van der Waals surface area contributed by atoms with E-state index in [1.165, 1.54) is 5.56 Å². The molecule has 0 aliphatic heterocycles. The molecule has 0 radical (unpaired) electrons. The van der Waals surface area contributed by atoms with Crippen molar-refractivity contribution in [3.8, 4) is 0 Å². The van der Waals surface area contributed by atoms with Crippen LogP contribution in [0.4, 0.5) is 5.69 Å². The Hall–Kier alpha value is -2.34. The van der Waals surface area contributed by atoms with Crippen molar-refractivity contribution in [3.63, 3.8) is 0 Å². The third-order valence-electron chi connectivity index (χ3n) is 4.11. The number of benzene rings is 2. The third kappa shape index (κ3) is 4.82. The molecular formula is C19H24N2O3S. The minimum atomic E-state index is -3.40. The van der Waals surface area contributed by atoms with E-state index in [1.54, 1.807) is 25.1 Å². The van der Waals surface area contributed by atoms with E-state index in [9.17, 15) is 13.2 Å². The average molecular weight is 360 g/mol. The molecule has 134 valence electrons. The van der Waals surface area contributed by atoms with Crippen molar-refractivity contribution in [1.29, 1.82) is 0 Å². The minimum Gasteiger partial charge on any atom is -0.345 e. The van der Waals surface area contributed by atoms with Gasteiger partial charge in [-0.05, 0) is 56.5 Å². The van der Waals surface area contributed by atoms with Gasteiger partial charge in [-0.25, -0.2) is 8.42 Å². The fourth-order valence-corrected chi connectivity index (χ4v) is 3.48. The second-order valence-electron chi connectivity index (χ2n) is 6.41. The van der Waals surface area contributed by atoms with Crippen molar-refractivity contribution in [2.75, 3.05) is 11.0 Å². The van der Waals surface area contributed by atoms with E-state index in [1.807, 2.05) is 32.9 Å². The smallest absolute Gasteiger partial charge is 0.252 e. The van der Waals surface area contributed by atoms with Crippen LogP contribution >= 0.6 is 0 Å². The van der Waals surface area contributed by atoms with Crippen LogP contribution in [-0.2, 0) is 10.0 Å². The van der Waals surface area contributed by atoms with E-state index in [4.69, 9.17) is 0 Å². The Bertz CT molecular complexity index is 905. The molecule has 0 aromatic heterocycles. The highest BCUT2D eigenvalue weighted by atomic mass is 32.2. The largest absolute Gasteiger partial charge is 0.345 e. The van der Waals surface area contributed by atoms with Gasteiger partial charge < -0.3 is 5.32 Å². The molecule has 1 amide bonds. The maximum atomic E-state index is 12.7. The van der Waals surface area contributed by atoms with E-state index < -0.39 is 10.0 Å². The summed E-state index contributed by atoms with van der Waals surface area (Å²) in [7, 11) is -3.40. The van der Waals surface area contributed by atoms with Crippen molar-refractivity contribution in [3.05, 3.63) is 64.2 Å². The Morgan fingerprint density at radius 1 is 1.08 bits per heavy atom. The second-order valence-corrected chi connectivity index (χ2v) is 8.16. The molecule has 0 heterocycles. The molecule has 6 heteroatoms. The predicted molar refractivity (Wildman–Crippen MR) is 101 cm³/mol. The first-order chi connectivity index (χ1) is 11.6. The normalized spacial score (nSPS) is 12.5. The first kappa shape index (κ1) is 19.0. The van der Waals surface area contributed by atoms with Gasteiger partial charge in [-0.1, -0.05) is 29.8 Å². The number of hydrogen-bond acceptors (Lipinski definition) is 3. The molecular weight excluding hydrogens is 336 g/mol. The lowest BCUT2D eigenvalue weighted by molar-refractivity contribution is 0.0939. The Morgan fingerprint density at radius 2 is 1.76 bits per heavy atom. The van der Waals surface area contributed by atoms with Gasteiger partial charge >= 0.3 is 0 Å². The number of hydrogen-bond donors (Lipinski definition) is 2. The Kier molecular flexibility index (Phi) is 5.52. The monoisotopic (exact) mass is 360 g/mol. The fraction of sp³-hybridized carbons (Fsp3) is 0.316. The third-order valence-corrected chi connectivity index (χ3v) is 4.70. The molecule has 0 aliphatic rings. The van der Waals surface area contributed by atoms with Crippen molar-refractivity contribution < 1.29 is 13.2 Å². The van der Waals surface area contributed by atoms with Crippen LogP contribution in [0.5, 0.6) is 0 Å². The predicted octanol–water partition coefficient (Wildman–Crippen LogP) is 3.47. The number of anilines is 1. The number of sulfonamides is 1. The second kappa shape index (κ2) is 7.27. The standard InChI is InChI=1S/C19H24N2O3S/c1-12-9-10-16(13(2)11-12)15(4)20-19(22)17-7-6-8-18(14(17)3)21-25(5,23)24/h6-11,15,21H,1-5H3,(H,20,22)/t15-/m1/s1. The van der Waals surface area contributed by atoms with Crippen molar-refractivity contribution in [2.45, 2.75) is 33.7 Å². The average Bonchev–Trinajstić information content (AvgIpc) is 2.47. The maximum absolute atomic E-state index is 12.7. The van der Waals surface area contributed by atoms with Gasteiger partial charge in [0.05, 0.1) is 18.0 Å². The topological polar surface area (TPSA) is 75.3 Å². The molecule has 0 spiro atoms. The fourth-order valence-electron chi connectivity index (χ4n) is 2.86. The molecule has 2 rings (SSSR count). The van der Waals surface area contributed by atoms with Gasteiger partial charge in [0, 0.05) is 5.56 Å². The van der Waals surface area contributed by atoms with E-state index in [-0.39, 0.29) is 11.9 Å². The number of rotatable bonds is 5. The highest BCUT2D eigenvalue weighted by Crippen LogP contribution is 2.22. The zero-order valence-corrected chi connectivity index (χ0v) is 16.0. The lowest BCUT2D eigenvalue weighted by atomic mass is 9.99. The molecule has 5 nitrogen and oxygen atoms in total. The molecule has 2 N–H and O–H groups in total. The van der Waals surface area contributed by atoms with Crippen LogP contribution in [-0.4, -0.2) is 20.6 Å². The lowest BCUT2D eigenvalue weighted by Gasteiger charge is -2.18. The summed E-state index contributed by atoms with van der Waals surface area (Å²) < 4.78 is 25.3. The van der Waals surface area contributed by atoms with E-state index in [2.05, 4.69) is 16.1 Å². The molecule has 0 bridgehead atoms. The SMILES string of the molecule is Cc1ccc([C@@H](C)NC(=O)c2cccc(NS(C)(=O)=O)c2C)c(C)c1. The van der Waals surface area contributed by atoms with Gasteiger partial charge in [0.25, 0.3) is 5.91 Å². The Morgan fingerprint density at radius 3 is 2.36 bits per heavy atom. The quantitative estimate of drug-likeness (QED) is 0.857. The number of carbonyl (C=O) groups is 1. The summed E-state index contributed by atoms with van der Waals surface area (Å²) in [5, 5.41) is 2.99. The first-order valence-electron chi connectivity index (χ1n) is 8.04. The first-order valence-corrected chi connectivity index (χ1v) is 9.93. The van der Waals surface area contributed by atoms with Crippen molar-refractivity contribution >= 4 is 21.6 Å². The van der Waals surface area contributed by atoms with Gasteiger partial charge in [0.15, 0.2) is 0 Å². The van der Waals surface area contributed by atoms with E-state index in [0.29, 0.717) is 16.8 Å². The Labute approximate surface area is 149 Å². The molecule has 25 heavy (non-hydrogen) atoms. The van der Waals surface area contributed by atoms with Gasteiger partial charge in [-0.2, -0.15) is 0 Å². The van der Waals surface area contributed by atoms with Crippen LogP contribution in [0.1, 0.15) is 45.6 Å². The van der Waals surface area contributed by atoms with E-state index in [0.717, 1.165) is 17.4 Å². The summed E-state index contributed by atoms with van der Waals surface area (Å²) in [6.07, 6.45) is 1.08. The molecule has 1 atom stereocenters. The summed E-state index contributed by atoms with van der Waals surface area (Å²) in [6.45, 7) is 7.71. The molecule has 0 saturated carbocycles. The van der Waals surface area contributed by atoms with Crippen molar-refractivity contribution in [1.82, 2.24) is 5.32 Å². The summed E-state index contributed by atoms with van der Waals surface area (Å²) in [5.74, 6) is -0.234. The van der Waals surface area contributed by atoms with Crippen molar-refractivity contribution in [2.24, 2.45) is 0 Å². The van der Waals surface area contributed by atoms with E-state index >= 15 is 0 Å². The zero-order chi connectivity index (χ0) is 18.8. The molecule has 0 aliphatic carbocycles. The molecule has 0 saturated heterocycles. The van der Waals surface area contributed by atoms with Crippen LogP contribution in [0.25, 0.3) is 0 Å². The highest BCUT2D eigenvalue weighted by Gasteiger charge is 2.17. The number of nitrogens with one attached hydrogen (secondary N) is 2. The molecule has 2 aromatic carbocycles. The minimum absolute atomic E-state index is 0.154. The zero-order valence-electron chi connectivity index (χ0n) is 15.2. The summed E-state index contributed by atoms with van der Waals surface area (Å²) in [5.41, 5.74) is 4.81. The van der Waals surface area contributed by atoms with Gasteiger partial charge in [0.2, 0.25) is 10.0 Å². The van der Waals surface area contributed by atoms with Gasteiger partial charge in [0.1, 0.15) is 0 Å². The molecule has 2 aromatic rings. The number of amides is 1. The maximum Gasteiger partial charge on any atom is 0.252 e. The number of aryl methyl sites for hydroxylation is 2.